The molecule has 4 rings (SSSR count). The number of aryl methyl sites for hydroxylation is 1. The fourth-order valence-electron chi connectivity index (χ4n) is 3.44. The van der Waals surface area contributed by atoms with Gasteiger partial charge in [0.2, 0.25) is 0 Å². The van der Waals surface area contributed by atoms with E-state index in [2.05, 4.69) is 11.9 Å². The first-order valence-corrected chi connectivity index (χ1v) is 10.8. The van der Waals surface area contributed by atoms with Crippen LogP contribution in [-0.2, 0) is 6.42 Å². The van der Waals surface area contributed by atoms with Gasteiger partial charge in [-0.15, -0.1) is 11.3 Å². The summed E-state index contributed by atoms with van der Waals surface area (Å²) in [6, 6.07) is 15.2. The van der Waals surface area contributed by atoms with E-state index in [1.54, 1.807) is 6.07 Å². The minimum Gasteiger partial charge on any atom is -0.508 e. The van der Waals surface area contributed by atoms with Crippen molar-refractivity contribution >= 4 is 22.3 Å². The van der Waals surface area contributed by atoms with E-state index in [9.17, 15) is 9.90 Å². The Balaban J connectivity index is 1.68. The van der Waals surface area contributed by atoms with Crippen LogP contribution in [0.25, 0.3) is 32.8 Å². The maximum atomic E-state index is 12.5. The quantitative estimate of drug-likeness (QED) is 0.285. The van der Waals surface area contributed by atoms with Gasteiger partial charge in [-0.1, -0.05) is 56.5 Å². The van der Waals surface area contributed by atoms with Crippen LogP contribution < -0.4 is 5.63 Å². The summed E-state index contributed by atoms with van der Waals surface area (Å²) in [5.74, 6) is 0.185. The molecule has 5 heteroatoms. The van der Waals surface area contributed by atoms with Crippen molar-refractivity contribution in [1.29, 1.82) is 0 Å². The fourth-order valence-corrected chi connectivity index (χ4v) is 4.26. The van der Waals surface area contributed by atoms with Gasteiger partial charge < -0.3 is 9.52 Å². The number of nitrogens with zero attached hydrogens (tertiary/aromatic N) is 1. The predicted molar refractivity (Wildman–Crippen MR) is 119 cm³/mol. The van der Waals surface area contributed by atoms with E-state index < -0.39 is 5.63 Å². The molecule has 0 amide bonds. The van der Waals surface area contributed by atoms with Crippen molar-refractivity contribution in [3.05, 3.63) is 69.9 Å². The highest BCUT2D eigenvalue weighted by atomic mass is 32.1. The molecule has 1 N–H and O–H groups in total. The van der Waals surface area contributed by atoms with Crippen molar-refractivity contribution in [2.75, 3.05) is 0 Å². The lowest BCUT2D eigenvalue weighted by atomic mass is 10.0. The molecule has 0 saturated carbocycles. The molecule has 0 radical (unpaired) electrons. The zero-order valence-corrected chi connectivity index (χ0v) is 17.2. The van der Waals surface area contributed by atoms with Crippen molar-refractivity contribution in [2.24, 2.45) is 0 Å². The summed E-state index contributed by atoms with van der Waals surface area (Å²) in [5.41, 5.74) is 2.91. The van der Waals surface area contributed by atoms with Crippen molar-refractivity contribution in [3.8, 4) is 27.6 Å². The van der Waals surface area contributed by atoms with Crippen LogP contribution in [-0.4, -0.2) is 10.1 Å². The average molecular weight is 406 g/mol. The minimum absolute atomic E-state index is 0.185. The molecule has 0 aliphatic carbocycles. The first-order valence-electron chi connectivity index (χ1n) is 9.97. The van der Waals surface area contributed by atoms with Crippen molar-refractivity contribution in [2.45, 2.75) is 39.0 Å². The molecular formula is C24H23NO3S. The van der Waals surface area contributed by atoms with E-state index in [1.165, 1.54) is 24.2 Å². The van der Waals surface area contributed by atoms with Gasteiger partial charge in [0.25, 0.3) is 0 Å². The molecule has 0 aliphatic rings. The van der Waals surface area contributed by atoms with Crippen molar-refractivity contribution in [3.63, 3.8) is 0 Å². The van der Waals surface area contributed by atoms with Gasteiger partial charge in [-0.3, -0.25) is 0 Å². The SMILES string of the molecule is CCCCCCc1cc2cc(-c3csc(-c4ccccc4)n3)c(=O)oc2cc1O. The second-order valence-corrected chi connectivity index (χ2v) is 8.04. The van der Waals surface area contributed by atoms with Crippen LogP contribution in [0.2, 0.25) is 0 Å². The number of fused-ring (bicyclic) bond motifs is 1. The van der Waals surface area contributed by atoms with Crippen LogP contribution in [0.1, 0.15) is 38.2 Å². The van der Waals surface area contributed by atoms with Crippen LogP contribution in [0.3, 0.4) is 0 Å². The Labute approximate surface area is 173 Å². The highest BCUT2D eigenvalue weighted by molar-refractivity contribution is 7.13. The second kappa shape index (κ2) is 8.62. The topological polar surface area (TPSA) is 63.3 Å². The molecule has 0 fully saturated rings. The third-order valence-electron chi connectivity index (χ3n) is 5.03. The van der Waals surface area contributed by atoms with Crippen LogP contribution in [0, 0.1) is 0 Å². The summed E-state index contributed by atoms with van der Waals surface area (Å²) in [4.78, 5) is 17.2. The first kappa shape index (κ1) is 19.4. The molecule has 148 valence electrons. The van der Waals surface area contributed by atoms with Gasteiger partial charge in [0.05, 0.1) is 11.3 Å². The van der Waals surface area contributed by atoms with Gasteiger partial charge in [-0.25, -0.2) is 9.78 Å². The van der Waals surface area contributed by atoms with Gasteiger partial charge in [0, 0.05) is 22.4 Å². The molecule has 2 heterocycles. The summed E-state index contributed by atoms with van der Waals surface area (Å²) >= 11 is 1.50. The third-order valence-corrected chi connectivity index (χ3v) is 5.93. The van der Waals surface area contributed by atoms with Crippen molar-refractivity contribution in [1.82, 2.24) is 4.98 Å². The van der Waals surface area contributed by atoms with E-state index >= 15 is 0 Å². The Hall–Kier alpha value is -2.92. The van der Waals surface area contributed by atoms with Crippen LogP contribution in [0.5, 0.6) is 5.75 Å². The van der Waals surface area contributed by atoms with E-state index in [4.69, 9.17) is 4.42 Å². The highest BCUT2D eigenvalue weighted by Gasteiger charge is 2.14. The number of phenolic OH excluding ortho intramolecular Hbond substituents is 1. The Bertz CT molecular complexity index is 1180. The maximum absolute atomic E-state index is 12.5. The second-order valence-electron chi connectivity index (χ2n) is 7.18. The number of benzene rings is 2. The normalized spacial score (nSPS) is 11.2. The number of phenols is 1. The number of aromatic nitrogens is 1. The van der Waals surface area contributed by atoms with Gasteiger partial charge in [-0.2, -0.15) is 0 Å². The van der Waals surface area contributed by atoms with Crippen LogP contribution in [0.15, 0.2) is 63.1 Å². The molecule has 0 aliphatic heterocycles. The lowest BCUT2D eigenvalue weighted by Crippen LogP contribution is -2.03. The number of hydrogen-bond acceptors (Lipinski definition) is 5. The minimum atomic E-state index is -0.447. The molecule has 0 bridgehead atoms. The Morgan fingerprint density at radius 1 is 1.07 bits per heavy atom. The average Bonchev–Trinajstić information content (AvgIpc) is 3.22. The Morgan fingerprint density at radius 3 is 2.69 bits per heavy atom. The molecular weight excluding hydrogens is 382 g/mol. The van der Waals surface area contributed by atoms with Gasteiger partial charge in [-0.05, 0) is 30.5 Å². The molecule has 4 nitrogen and oxygen atoms in total. The van der Waals surface area contributed by atoms with Crippen LogP contribution >= 0.6 is 11.3 Å². The lowest BCUT2D eigenvalue weighted by molar-refractivity contribution is 0.464. The van der Waals surface area contributed by atoms with E-state index in [1.807, 2.05) is 47.8 Å². The summed E-state index contributed by atoms with van der Waals surface area (Å²) in [5, 5.41) is 13.8. The smallest absolute Gasteiger partial charge is 0.345 e. The summed E-state index contributed by atoms with van der Waals surface area (Å²) in [7, 11) is 0. The standard InChI is InChI=1S/C24H23NO3S/c1-2-3-4-6-11-17-12-18-13-19(24(27)28-22(18)14-21(17)26)20-15-29-23(25-20)16-9-7-5-8-10-16/h5,7-10,12-15,26H,2-4,6,11H2,1H3. The number of thiazole rings is 1. The zero-order valence-electron chi connectivity index (χ0n) is 16.4. The third kappa shape index (κ3) is 4.25. The Morgan fingerprint density at radius 2 is 1.90 bits per heavy atom. The first-order chi connectivity index (χ1) is 14.2. The van der Waals surface area contributed by atoms with Gasteiger partial charge >= 0.3 is 5.63 Å². The number of unbranched alkanes of at least 4 members (excludes halogenated alkanes) is 3. The van der Waals surface area contributed by atoms with Crippen molar-refractivity contribution < 1.29 is 9.52 Å². The lowest BCUT2D eigenvalue weighted by Gasteiger charge is -2.07. The van der Waals surface area contributed by atoms with E-state index in [-0.39, 0.29) is 5.75 Å². The molecule has 0 unspecified atom stereocenters. The Kier molecular flexibility index (Phi) is 5.76. The molecule has 0 atom stereocenters. The summed E-state index contributed by atoms with van der Waals surface area (Å²) < 4.78 is 5.49. The van der Waals surface area contributed by atoms with E-state index in [0.717, 1.165) is 40.8 Å². The summed E-state index contributed by atoms with van der Waals surface area (Å²) in [6.45, 7) is 2.18. The summed E-state index contributed by atoms with van der Waals surface area (Å²) in [6.07, 6.45) is 5.36. The van der Waals surface area contributed by atoms with Gasteiger partial charge in [0.15, 0.2) is 0 Å². The molecule has 4 aromatic rings. The van der Waals surface area contributed by atoms with Crippen LogP contribution in [0.4, 0.5) is 0 Å². The molecule has 0 saturated heterocycles. The maximum Gasteiger partial charge on any atom is 0.345 e. The highest BCUT2D eigenvalue weighted by Crippen LogP contribution is 2.31. The van der Waals surface area contributed by atoms with Gasteiger partial charge in [0.1, 0.15) is 16.3 Å². The molecule has 0 spiro atoms. The fraction of sp³-hybridized carbons (Fsp3) is 0.250. The number of aromatic hydroxyl groups is 1. The van der Waals surface area contributed by atoms with E-state index in [0.29, 0.717) is 16.8 Å². The molecule has 29 heavy (non-hydrogen) atoms. The number of hydrogen-bond donors (Lipinski definition) is 1. The largest absolute Gasteiger partial charge is 0.508 e. The molecule has 2 aromatic carbocycles. The zero-order chi connectivity index (χ0) is 20.2. The predicted octanol–water partition coefficient (Wildman–Crippen LogP) is 6.41. The number of rotatable bonds is 7. The molecule has 2 aromatic heterocycles. The monoisotopic (exact) mass is 405 g/mol.